The van der Waals surface area contributed by atoms with Crippen LogP contribution in [0.4, 0.5) is 0 Å². The van der Waals surface area contributed by atoms with E-state index < -0.39 is 17.4 Å². The first-order valence-electron chi connectivity index (χ1n) is 10.7. The number of thioether (sulfide) groups is 1. The Balaban J connectivity index is 1.60. The Morgan fingerprint density at radius 1 is 1.20 bits per heavy atom. The van der Waals surface area contributed by atoms with E-state index >= 15 is 0 Å². The maximum atomic E-state index is 12.7. The molecule has 0 saturated heterocycles. The van der Waals surface area contributed by atoms with E-state index in [1.54, 1.807) is 30.3 Å². The number of benzene rings is 2. The molecule has 0 aliphatic carbocycles. The van der Waals surface area contributed by atoms with Gasteiger partial charge in [-0.15, -0.1) is 0 Å². The molecule has 11 heteroatoms. The van der Waals surface area contributed by atoms with Crippen molar-refractivity contribution in [1.82, 2.24) is 19.1 Å². The van der Waals surface area contributed by atoms with E-state index in [1.165, 1.54) is 16.2 Å². The number of ether oxygens (including phenoxy) is 1. The molecular formula is C24H23ClN4O5S. The fourth-order valence-corrected chi connectivity index (χ4v) is 4.54. The number of imidazole rings is 1. The number of carbonyl (C=O) groups excluding carboxylic acids is 1. The molecule has 2 aromatic heterocycles. The zero-order valence-corrected chi connectivity index (χ0v) is 20.6. The third-order valence-electron chi connectivity index (χ3n) is 5.39. The Labute approximate surface area is 209 Å². The van der Waals surface area contributed by atoms with Gasteiger partial charge in [0.25, 0.3) is 5.56 Å². The van der Waals surface area contributed by atoms with Gasteiger partial charge in [0, 0.05) is 17.6 Å². The predicted molar refractivity (Wildman–Crippen MR) is 135 cm³/mol. The van der Waals surface area contributed by atoms with E-state index in [1.807, 2.05) is 25.1 Å². The van der Waals surface area contributed by atoms with Crippen molar-refractivity contribution in [1.29, 1.82) is 0 Å². The number of H-pyrrole nitrogens is 1. The molecule has 4 aromatic rings. The largest absolute Gasteiger partial charge is 0.491 e. The van der Waals surface area contributed by atoms with Crippen molar-refractivity contribution in [2.24, 2.45) is 7.05 Å². The average Bonchev–Trinajstić information content (AvgIpc) is 3.19. The molecule has 0 unspecified atom stereocenters. The van der Waals surface area contributed by atoms with Gasteiger partial charge in [0.2, 0.25) is 0 Å². The molecule has 0 radical (unpaired) electrons. The van der Waals surface area contributed by atoms with E-state index in [9.17, 15) is 19.5 Å². The Bertz CT molecular complexity index is 1490. The van der Waals surface area contributed by atoms with Crippen molar-refractivity contribution in [3.8, 4) is 5.75 Å². The number of Topliss-reactive ketones (excluding diaryl/α,β-unsaturated/α-hetero) is 1. The van der Waals surface area contributed by atoms with Crippen LogP contribution in [-0.2, 0) is 13.6 Å². The molecule has 4 rings (SSSR count). The van der Waals surface area contributed by atoms with Gasteiger partial charge >= 0.3 is 5.69 Å². The van der Waals surface area contributed by atoms with E-state index in [-0.39, 0.29) is 35.9 Å². The number of aliphatic hydroxyl groups is 1. The number of aromatic nitrogens is 4. The summed E-state index contributed by atoms with van der Waals surface area (Å²) in [5.41, 5.74) is 0.469. The first-order valence-corrected chi connectivity index (χ1v) is 12.1. The van der Waals surface area contributed by atoms with Crippen LogP contribution in [0, 0.1) is 6.92 Å². The second-order valence-electron chi connectivity index (χ2n) is 7.94. The Kier molecular flexibility index (Phi) is 7.44. The number of aliphatic hydroxyl groups excluding tert-OH is 1. The van der Waals surface area contributed by atoms with Crippen molar-refractivity contribution < 1.29 is 14.6 Å². The van der Waals surface area contributed by atoms with Crippen molar-refractivity contribution in [2.75, 3.05) is 12.4 Å². The van der Waals surface area contributed by atoms with Gasteiger partial charge in [0.15, 0.2) is 22.1 Å². The molecule has 182 valence electrons. The Morgan fingerprint density at radius 3 is 2.63 bits per heavy atom. The van der Waals surface area contributed by atoms with Crippen LogP contribution in [-0.4, -0.2) is 48.5 Å². The molecule has 0 saturated carbocycles. The lowest BCUT2D eigenvalue weighted by atomic mass is 10.1. The van der Waals surface area contributed by atoms with E-state index in [0.29, 0.717) is 21.5 Å². The van der Waals surface area contributed by atoms with Gasteiger partial charge in [-0.1, -0.05) is 41.6 Å². The standard InChI is InChI=1S/C24H23ClN4O5S/c1-14-5-3-4-6-19(14)34-12-17(30)11-29-20-21(28(2)23(33)27-22(20)32)26-24(29)35-13-18(31)15-7-9-16(25)10-8-15/h3-10,17,30H,11-13H2,1-2H3,(H,27,32,33)/t17-/m0/s1. The SMILES string of the molecule is Cc1ccccc1OC[C@@H](O)Cn1c(SCC(=O)c2ccc(Cl)cc2)nc2c1c(=O)[nH]c(=O)n2C. The quantitative estimate of drug-likeness (QED) is 0.260. The molecule has 2 N–H and O–H groups in total. The second kappa shape index (κ2) is 10.5. The Morgan fingerprint density at radius 2 is 1.91 bits per heavy atom. The number of nitrogens with one attached hydrogen (secondary N) is 1. The van der Waals surface area contributed by atoms with Crippen LogP contribution in [0.1, 0.15) is 15.9 Å². The molecule has 35 heavy (non-hydrogen) atoms. The lowest BCUT2D eigenvalue weighted by molar-refractivity contribution is 0.0910. The summed E-state index contributed by atoms with van der Waals surface area (Å²) in [6.07, 6.45) is -0.991. The van der Waals surface area contributed by atoms with Gasteiger partial charge in [-0.3, -0.25) is 19.1 Å². The fourth-order valence-electron chi connectivity index (χ4n) is 3.51. The van der Waals surface area contributed by atoms with E-state index in [2.05, 4.69) is 9.97 Å². The molecule has 0 aliphatic rings. The molecule has 0 aliphatic heterocycles. The molecular weight excluding hydrogens is 492 g/mol. The number of aromatic amines is 1. The highest BCUT2D eigenvalue weighted by atomic mass is 35.5. The summed E-state index contributed by atoms with van der Waals surface area (Å²) < 4.78 is 8.47. The van der Waals surface area contributed by atoms with Gasteiger partial charge < -0.3 is 14.4 Å². The summed E-state index contributed by atoms with van der Waals surface area (Å²) in [5.74, 6) is 0.522. The van der Waals surface area contributed by atoms with Crippen LogP contribution in [0.25, 0.3) is 11.2 Å². The first kappa shape index (κ1) is 24.8. The number of ketones is 1. The summed E-state index contributed by atoms with van der Waals surface area (Å²) in [6, 6.07) is 14.0. The molecule has 1 atom stereocenters. The maximum absolute atomic E-state index is 12.7. The highest BCUT2D eigenvalue weighted by Gasteiger charge is 2.21. The number of nitrogens with zero attached hydrogens (tertiary/aromatic N) is 3. The second-order valence-corrected chi connectivity index (χ2v) is 9.32. The summed E-state index contributed by atoms with van der Waals surface area (Å²) in [6.45, 7) is 1.85. The molecule has 0 amide bonds. The van der Waals surface area contributed by atoms with Gasteiger partial charge in [0.1, 0.15) is 18.5 Å². The first-order chi connectivity index (χ1) is 16.7. The van der Waals surface area contributed by atoms with Crippen LogP contribution >= 0.6 is 23.4 Å². The zero-order chi connectivity index (χ0) is 25.1. The molecule has 0 bridgehead atoms. The summed E-state index contributed by atoms with van der Waals surface area (Å²) in [5, 5.41) is 11.6. The topological polar surface area (TPSA) is 119 Å². The molecule has 2 heterocycles. The number of rotatable bonds is 9. The number of aryl methyl sites for hydroxylation is 2. The number of para-hydroxylation sites is 1. The van der Waals surface area contributed by atoms with Crippen LogP contribution < -0.4 is 16.0 Å². The summed E-state index contributed by atoms with van der Waals surface area (Å²) in [7, 11) is 1.49. The van der Waals surface area contributed by atoms with Gasteiger partial charge in [-0.05, 0) is 42.8 Å². The average molecular weight is 515 g/mol. The zero-order valence-electron chi connectivity index (χ0n) is 19.0. The number of hydrogen-bond donors (Lipinski definition) is 2. The Hall–Kier alpha value is -3.34. The highest BCUT2D eigenvalue weighted by Crippen LogP contribution is 2.24. The van der Waals surface area contributed by atoms with Crippen molar-refractivity contribution in [2.45, 2.75) is 24.7 Å². The molecule has 2 aromatic carbocycles. The number of halogens is 1. The van der Waals surface area contributed by atoms with Crippen molar-refractivity contribution in [3.05, 3.63) is 85.5 Å². The summed E-state index contributed by atoms with van der Waals surface area (Å²) in [4.78, 5) is 44.1. The van der Waals surface area contributed by atoms with Crippen LogP contribution in [0.15, 0.2) is 63.3 Å². The molecule has 9 nitrogen and oxygen atoms in total. The minimum Gasteiger partial charge on any atom is -0.491 e. The van der Waals surface area contributed by atoms with E-state index in [4.69, 9.17) is 16.3 Å². The fraction of sp³-hybridized carbons (Fsp3) is 0.250. The van der Waals surface area contributed by atoms with Gasteiger partial charge in [0.05, 0.1) is 12.3 Å². The maximum Gasteiger partial charge on any atom is 0.329 e. The minimum atomic E-state index is -0.991. The normalized spacial score (nSPS) is 12.1. The van der Waals surface area contributed by atoms with Crippen molar-refractivity contribution in [3.63, 3.8) is 0 Å². The predicted octanol–water partition coefficient (Wildman–Crippen LogP) is 2.80. The van der Waals surface area contributed by atoms with E-state index in [0.717, 1.165) is 17.3 Å². The number of carbonyl (C=O) groups is 1. The van der Waals surface area contributed by atoms with Crippen molar-refractivity contribution >= 4 is 40.3 Å². The van der Waals surface area contributed by atoms with Crippen LogP contribution in [0.2, 0.25) is 5.02 Å². The highest BCUT2D eigenvalue weighted by molar-refractivity contribution is 7.99. The van der Waals surface area contributed by atoms with Crippen LogP contribution in [0.5, 0.6) is 5.75 Å². The third kappa shape index (κ3) is 5.50. The lowest BCUT2D eigenvalue weighted by Crippen LogP contribution is -2.30. The molecule has 0 spiro atoms. The smallest absolute Gasteiger partial charge is 0.329 e. The summed E-state index contributed by atoms with van der Waals surface area (Å²) >= 11 is 7.01. The van der Waals surface area contributed by atoms with Gasteiger partial charge in [-0.2, -0.15) is 0 Å². The number of fused-ring (bicyclic) bond motifs is 1. The lowest BCUT2D eigenvalue weighted by Gasteiger charge is -2.16. The number of hydrogen-bond acceptors (Lipinski definition) is 7. The monoisotopic (exact) mass is 514 g/mol. The molecule has 0 fully saturated rings. The van der Waals surface area contributed by atoms with Gasteiger partial charge in [-0.25, -0.2) is 9.78 Å². The third-order valence-corrected chi connectivity index (χ3v) is 6.62. The minimum absolute atomic E-state index is 0.0258. The van der Waals surface area contributed by atoms with Crippen LogP contribution in [0.3, 0.4) is 0 Å².